The Morgan fingerprint density at radius 1 is 0.941 bits per heavy atom. The van der Waals surface area contributed by atoms with Crippen LogP contribution >= 0.6 is 15.9 Å². The van der Waals surface area contributed by atoms with Gasteiger partial charge >= 0.3 is 0 Å². The van der Waals surface area contributed by atoms with Crippen LogP contribution in [0.3, 0.4) is 0 Å². The minimum Gasteiger partial charge on any atom is -0.453 e. The largest absolute Gasteiger partial charge is 0.453 e. The lowest BCUT2D eigenvalue weighted by Crippen LogP contribution is -1.77. The zero-order valence-electron chi connectivity index (χ0n) is 8.78. The Hall–Kier alpha value is -1.61. The maximum absolute atomic E-state index is 14.1. The van der Waals surface area contributed by atoms with Gasteiger partial charge in [0.25, 0.3) is 0 Å². The second kappa shape index (κ2) is 4.00. The normalized spacial score (nSPS) is 10.9. The van der Waals surface area contributed by atoms with E-state index < -0.39 is 0 Å². The average molecular weight is 291 g/mol. The number of hydrogen-bond donors (Lipinski definition) is 0. The van der Waals surface area contributed by atoms with E-state index in [-0.39, 0.29) is 5.82 Å². The second-order valence-corrected chi connectivity index (χ2v) is 4.66. The first kappa shape index (κ1) is 10.5. The van der Waals surface area contributed by atoms with Crippen molar-refractivity contribution in [2.24, 2.45) is 0 Å². The zero-order valence-corrected chi connectivity index (χ0v) is 10.4. The Morgan fingerprint density at radius 3 is 2.35 bits per heavy atom. The minimum absolute atomic E-state index is 0.290. The van der Waals surface area contributed by atoms with E-state index in [4.69, 9.17) is 4.42 Å². The van der Waals surface area contributed by atoms with Crippen LogP contribution in [0.5, 0.6) is 0 Å². The lowest BCUT2D eigenvalue weighted by Gasteiger charge is -1.96. The van der Waals surface area contributed by atoms with Gasteiger partial charge in [-0.15, -0.1) is 0 Å². The van der Waals surface area contributed by atoms with Gasteiger partial charge in [0, 0.05) is 10.0 Å². The van der Waals surface area contributed by atoms with Gasteiger partial charge < -0.3 is 4.42 Å². The highest BCUT2D eigenvalue weighted by atomic mass is 79.9. The van der Waals surface area contributed by atoms with E-state index in [1.807, 2.05) is 30.3 Å². The van der Waals surface area contributed by atoms with E-state index in [1.165, 1.54) is 0 Å². The Bertz CT molecular complexity index is 670. The highest BCUT2D eigenvalue weighted by molar-refractivity contribution is 9.10. The summed E-state index contributed by atoms with van der Waals surface area (Å²) >= 11 is 3.35. The summed E-state index contributed by atoms with van der Waals surface area (Å²) in [6, 6.07) is 14.5. The number of hydrogen-bond acceptors (Lipinski definition) is 1. The molecule has 1 aromatic heterocycles. The van der Waals surface area contributed by atoms with Gasteiger partial charge in [0.15, 0.2) is 11.6 Å². The average Bonchev–Trinajstić information content (AvgIpc) is 2.69. The van der Waals surface area contributed by atoms with Crippen molar-refractivity contribution < 1.29 is 8.81 Å². The molecule has 1 nitrogen and oxygen atoms in total. The number of halogens is 2. The molecule has 3 heteroatoms. The first-order chi connectivity index (χ1) is 8.25. The molecule has 1 heterocycles. The zero-order chi connectivity index (χ0) is 11.8. The van der Waals surface area contributed by atoms with Crippen molar-refractivity contribution in [1.29, 1.82) is 0 Å². The maximum Gasteiger partial charge on any atom is 0.177 e. The van der Waals surface area contributed by atoms with E-state index in [1.54, 1.807) is 18.2 Å². The Balaban J connectivity index is 2.24. The van der Waals surface area contributed by atoms with Gasteiger partial charge in [-0.3, -0.25) is 0 Å². The summed E-state index contributed by atoms with van der Waals surface area (Å²) in [5.41, 5.74) is 1.31. The summed E-state index contributed by atoms with van der Waals surface area (Å²) < 4.78 is 20.6. The standard InChI is InChI=1S/C14H8BrFO/c15-10-7-5-9(6-8-10)14-13(16)11-3-1-2-4-12(11)17-14/h1-8H. The van der Waals surface area contributed by atoms with Crippen molar-refractivity contribution in [3.63, 3.8) is 0 Å². The summed E-state index contributed by atoms with van der Waals surface area (Å²) in [4.78, 5) is 0. The Labute approximate surface area is 106 Å². The third-order valence-electron chi connectivity index (χ3n) is 2.64. The van der Waals surface area contributed by atoms with E-state index in [0.29, 0.717) is 16.7 Å². The van der Waals surface area contributed by atoms with Crippen molar-refractivity contribution in [2.75, 3.05) is 0 Å². The molecule has 0 atom stereocenters. The topological polar surface area (TPSA) is 13.1 Å². The van der Waals surface area contributed by atoms with Crippen LogP contribution in [0.4, 0.5) is 4.39 Å². The fraction of sp³-hybridized carbons (Fsp3) is 0. The SMILES string of the molecule is Fc1c(-c2ccc(Br)cc2)oc2ccccc12. The molecular formula is C14H8BrFO. The molecule has 2 aromatic carbocycles. The van der Waals surface area contributed by atoms with Crippen LogP contribution in [0, 0.1) is 5.82 Å². The summed E-state index contributed by atoms with van der Waals surface area (Å²) in [5.74, 6) is -0.0124. The molecule has 3 rings (SSSR count). The number of benzene rings is 2. The molecule has 0 saturated heterocycles. The van der Waals surface area contributed by atoms with Crippen LogP contribution in [-0.4, -0.2) is 0 Å². The van der Waals surface area contributed by atoms with E-state index >= 15 is 0 Å². The number of rotatable bonds is 1. The molecular weight excluding hydrogens is 283 g/mol. The molecule has 3 aromatic rings. The van der Waals surface area contributed by atoms with Crippen LogP contribution in [0.15, 0.2) is 57.4 Å². The molecule has 0 aliphatic carbocycles. The fourth-order valence-electron chi connectivity index (χ4n) is 1.80. The number of para-hydroxylation sites is 1. The molecule has 0 amide bonds. The van der Waals surface area contributed by atoms with Crippen LogP contribution in [0.2, 0.25) is 0 Å². The molecule has 0 unspecified atom stereocenters. The summed E-state index contributed by atoms with van der Waals surface area (Å²) in [5, 5.41) is 0.519. The maximum atomic E-state index is 14.1. The van der Waals surface area contributed by atoms with Crippen LogP contribution in [0.25, 0.3) is 22.3 Å². The summed E-state index contributed by atoms with van der Waals surface area (Å²) in [6.07, 6.45) is 0. The summed E-state index contributed by atoms with van der Waals surface area (Å²) in [7, 11) is 0. The minimum atomic E-state index is -0.303. The third-order valence-corrected chi connectivity index (χ3v) is 3.17. The monoisotopic (exact) mass is 290 g/mol. The van der Waals surface area contributed by atoms with Crippen LogP contribution in [0.1, 0.15) is 0 Å². The smallest absolute Gasteiger partial charge is 0.177 e. The molecule has 0 aliphatic rings. The quantitative estimate of drug-likeness (QED) is 0.615. The Kier molecular flexibility index (Phi) is 2.48. The first-order valence-electron chi connectivity index (χ1n) is 5.18. The van der Waals surface area contributed by atoms with E-state index in [0.717, 1.165) is 10.0 Å². The molecule has 17 heavy (non-hydrogen) atoms. The van der Waals surface area contributed by atoms with Gasteiger partial charge in [0.05, 0.1) is 5.39 Å². The molecule has 0 fully saturated rings. The highest BCUT2D eigenvalue weighted by Gasteiger charge is 2.14. The van der Waals surface area contributed by atoms with Crippen molar-refractivity contribution in [3.05, 3.63) is 58.8 Å². The van der Waals surface area contributed by atoms with Crippen molar-refractivity contribution >= 4 is 26.9 Å². The Morgan fingerprint density at radius 2 is 1.65 bits per heavy atom. The predicted molar refractivity (Wildman–Crippen MR) is 69.3 cm³/mol. The van der Waals surface area contributed by atoms with Gasteiger partial charge in [-0.25, -0.2) is 4.39 Å². The van der Waals surface area contributed by atoms with Gasteiger partial charge in [0.1, 0.15) is 5.58 Å². The molecule has 0 radical (unpaired) electrons. The van der Waals surface area contributed by atoms with Gasteiger partial charge in [-0.1, -0.05) is 40.2 Å². The molecule has 0 spiro atoms. The lowest BCUT2D eigenvalue weighted by atomic mass is 10.1. The molecule has 0 saturated carbocycles. The number of furan rings is 1. The van der Waals surface area contributed by atoms with Crippen LogP contribution in [-0.2, 0) is 0 Å². The van der Waals surface area contributed by atoms with Crippen molar-refractivity contribution in [3.8, 4) is 11.3 Å². The van der Waals surface area contributed by atoms with Crippen LogP contribution < -0.4 is 0 Å². The second-order valence-electron chi connectivity index (χ2n) is 3.75. The predicted octanol–water partition coefficient (Wildman–Crippen LogP) is 5.00. The first-order valence-corrected chi connectivity index (χ1v) is 5.98. The molecule has 84 valence electrons. The fourth-order valence-corrected chi connectivity index (χ4v) is 2.07. The summed E-state index contributed by atoms with van der Waals surface area (Å²) in [6.45, 7) is 0. The van der Waals surface area contributed by atoms with Gasteiger partial charge in [0.2, 0.25) is 0 Å². The van der Waals surface area contributed by atoms with E-state index in [9.17, 15) is 4.39 Å². The van der Waals surface area contributed by atoms with Gasteiger partial charge in [-0.2, -0.15) is 0 Å². The highest BCUT2D eigenvalue weighted by Crippen LogP contribution is 2.32. The van der Waals surface area contributed by atoms with Gasteiger partial charge in [-0.05, 0) is 24.3 Å². The van der Waals surface area contributed by atoms with Crippen molar-refractivity contribution in [2.45, 2.75) is 0 Å². The molecule has 0 bridgehead atoms. The third kappa shape index (κ3) is 1.76. The molecule has 0 aliphatic heterocycles. The molecule has 0 N–H and O–H groups in total. The lowest BCUT2D eigenvalue weighted by molar-refractivity contribution is 0.574. The van der Waals surface area contributed by atoms with E-state index in [2.05, 4.69) is 15.9 Å². The van der Waals surface area contributed by atoms with Crippen molar-refractivity contribution in [1.82, 2.24) is 0 Å². The number of fused-ring (bicyclic) bond motifs is 1.